The van der Waals surface area contributed by atoms with Gasteiger partial charge in [-0.25, -0.2) is 0 Å². The maximum absolute atomic E-state index is 13.5. The van der Waals surface area contributed by atoms with Crippen LogP contribution < -0.4 is 14.5 Å². The summed E-state index contributed by atoms with van der Waals surface area (Å²) in [6, 6.07) is 23.2. The molecule has 0 aliphatic carbocycles. The molecular weight excluding hydrogens is 420 g/mol. The summed E-state index contributed by atoms with van der Waals surface area (Å²) in [5.74, 6) is 0.744. The van der Waals surface area contributed by atoms with Gasteiger partial charge in [0.05, 0.1) is 12.3 Å². The summed E-state index contributed by atoms with van der Waals surface area (Å²) in [5, 5.41) is 0.658. The third-order valence-electron chi connectivity index (χ3n) is 5.26. The molecule has 4 nitrogen and oxygen atoms in total. The maximum atomic E-state index is 13.5. The second kappa shape index (κ2) is 9.33. The van der Waals surface area contributed by atoms with E-state index >= 15 is 0 Å². The van der Waals surface area contributed by atoms with Crippen LogP contribution in [-0.2, 0) is 4.79 Å². The number of amides is 1. The molecule has 0 bridgehead atoms. The van der Waals surface area contributed by atoms with Gasteiger partial charge < -0.3 is 9.64 Å². The van der Waals surface area contributed by atoms with Crippen LogP contribution >= 0.6 is 11.6 Å². The van der Waals surface area contributed by atoms with Gasteiger partial charge in [-0.2, -0.15) is 0 Å². The molecule has 0 spiro atoms. The molecule has 0 radical (unpaired) electrons. The van der Waals surface area contributed by atoms with Crippen LogP contribution in [0, 0.1) is 0 Å². The predicted octanol–water partition coefficient (Wildman–Crippen LogP) is 6.28. The molecule has 162 valence electrons. The fourth-order valence-electron chi connectivity index (χ4n) is 3.61. The first-order chi connectivity index (χ1) is 15.5. The highest BCUT2D eigenvalue weighted by molar-refractivity contribution is 6.30. The summed E-state index contributed by atoms with van der Waals surface area (Å²) in [4.78, 5) is 17.3. The number of anilines is 2. The number of hydrogen-bond donors (Lipinski definition) is 0. The Morgan fingerprint density at radius 1 is 0.938 bits per heavy atom. The van der Waals surface area contributed by atoms with Crippen molar-refractivity contribution in [3.8, 4) is 5.75 Å². The lowest BCUT2D eigenvalue weighted by atomic mass is 10.1. The molecule has 3 aromatic carbocycles. The van der Waals surface area contributed by atoms with Crippen LogP contribution in [0.5, 0.6) is 5.75 Å². The first-order valence-corrected chi connectivity index (χ1v) is 10.9. The van der Waals surface area contributed by atoms with E-state index in [9.17, 15) is 4.79 Å². The number of nitrogens with zero attached hydrogens (tertiary/aromatic N) is 2. The lowest BCUT2D eigenvalue weighted by Gasteiger charge is -2.22. The Balaban J connectivity index is 1.74. The van der Waals surface area contributed by atoms with Crippen molar-refractivity contribution >= 4 is 40.7 Å². The van der Waals surface area contributed by atoms with Crippen molar-refractivity contribution in [3.63, 3.8) is 0 Å². The number of hydrogen-bond acceptors (Lipinski definition) is 3. The van der Waals surface area contributed by atoms with Crippen molar-refractivity contribution in [3.05, 3.63) is 101 Å². The third-order valence-corrected chi connectivity index (χ3v) is 5.51. The van der Waals surface area contributed by atoms with Crippen molar-refractivity contribution < 1.29 is 9.53 Å². The quantitative estimate of drug-likeness (QED) is 0.419. The van der Waals surface area contributed by atoms with E-state index in [1.807, 2.05) is 111 Å². The maximum Gasteiger partial charge on any atom is 0.262 e. The van der Waals surface area contributed by atoms with Crippen LogP contribution in [0.25, 0.3) is 11.8 Å². The minimum Gasteiger partial charge on any atom is -0.494 e. The van der Waals surface area contributed by atoms with Gasteiger partial charge in [-0.1, -0.05) is 35.9 Å². The minimum absolute atomic E-state index is 0.0681. The fourth-order valence-corrected chi connectivity index (χ4v) is 3.74. The summed E-state index contributed by atoms with van der Waals surface area (Å²) in [5.41, 5.74) is 5.19. The SMILES string of the molecule is CCOc1ccc(/C=C2\C=C(c3ccc(Cl)cc3)N(c3ccc(N(C)C)cc3)C2=O)cc1. The van der Waals surface area contributed by atoms with E-state index < -0.39 is 0 Å². The summed E-state index contributed by atoms with van der Waals surface area (Å²) in [6.45, 7) is 2.57. The molecule has 4 rings (SSSR count). The Hall–Kier alpha value is -3.50. The van der Waals surface area contributed by atoms with Crippen LogP contribution in [0.15, 0.2) is 84.4 Å². The van der Waals surface area contributed by atoms with Gasteiger partial charge in [0.1, 0.15) is 5.75 Å². The van der Waals surface area contributed by atoms with Crippen LogP contribution in [-0.4, -0.2) is 26.6 Å². The Labute approximate surface area is 194 Å². The molecule has 0 unspecified atom stereocenters. The van der Waals surface area contributed by atoms with Crippen LogP contribution in [0.1, 0.15) is 18.1 Å². The summed E-state index contributed by atoms with van der Waals surface area (Å²) < 4.78 is 5.52. The van der Waals surface area contributed by atoms with Crippen LogP contribution in [0.4, 0.5) is 11.4 Å². The number of carbonyl (C=O) groups excluding carboxylic acids is 1. The lowest BCUT2D eigenvalue weighted by Crippen LogP contribution is -2.25. The average Bonchev–Trinajstić information content (AvgIpc) is 3.11. The number of ether oxygens (including phenoxy) is 1. The Bertz CT molecular complexity index is 1160. The zero-order chi connectivity index (χ0) is 22.7. The third kappa shape index (κ3) is 4.56. The van der Waals surface area contributed by atoms with Crippen LogP contribution in [0.3, 0.4) is 0 Å². The minimum atomic E-state index is -0.0681. The van der Waals surface area contributed by atoms with E-state index in [0.29, 0.717) is 17.2 Å². The highest BCUT2D eigenvalue weighted by Gasteiger charge is 2.30. The van der Waals surface area contributed by atoms with Crippen LogP contribution in [0.2, 0.25) is 5.02 Å². The van der Waals surface area contributed by atoms with Gasteiger partial charge >= 0.3 is 0 Å². The normalized spacial score (nSPS) is 14.6. The highest BCUT2D eigenvalue weighted by atomic mass is 35.5. The zero-order valence-electron chi connectivity index (χ0n) is 18.4. The van der Waals surface area contributed by atoms with Crippen molar-refractivity contribution in [1.29, 1.82) is 0 Å². The van der Waals surface area contributed by atoms with E-state index in [0.717, 1.165) is 33.9 Å². The molecule has 1 aliphatic rings. The number of carbonyl (C=O) groups is 1. The fraction of sp³-hybridized carbons (Fsp3) is 0.148. The molecule has 32 heavy (non-hydrogen) atoms. The Morgan fingerprint density at radius 3 is 2.19 bits per heavy atom. The molecule has 0 saturated heterocycles. The molecule has 3 aromatic rings. The molecule has 1 aliphatic heterocycles. The van der Waals surface area contributed by atoms with Gasteiger partial charge in [-0.15, -0.1) is 0 Å². The van der Waals surface area contributed by atoms with Gasteiger partial charge in [0.15, 0.2) is 0 Å². The Morgan fingerprint density at radius 2 is 1.59 bits per heavy atom. The average molecular weight is 445 g/mol. The topological polar surface area (TPSA) is 32.8 Å². The molecule has 1 heterocycles. The van der Waals surface area contributed by atoms with E-state index in [-0.39, 0.29) is 5.91 Å². The zero-order valence-corrected chi connectivity index (χ0v) is 19.1. The van der Waals surface area contributed by atoms with E-state index in [2.05, 4.69) is 0 Å². The Kier molecular flexibility index (Phi) is 6.33. The first kappa shape index (κ1) is 21.7. The largest absolute Gasteiger partial charge is 0.494 e. The second-order valence-electron chi connectivity index (χ2n) is 7.69. The van der Waals surface area contributed by atoms with E-state index in [1.165, 1.54) is 0 Å². The first-order valence-electron chi connectivity index (χ1n) is 10.5. The van der Waals surface area contributed by atoms with E-state index in [1.54, 1.807) is 4.90 Å². The van der Waals surface area contributed by atoms with Gasteiger partial charge in [0, 0.05) is 36.1 Å². The molecule has 0 N–H and O–H groups in total. The molecule has 1 amide bonds. The van der Waals surface area contributed by atoms with Gasteiger partial charge in [0.25, 0.3) is 5.91 Å². The lowest BCUT2D eigenvalue weighted by molar-refractivity contribution is -0.113. The molecule has 0 atom stereocenters. The van der Waals surface area contributed by atoms with Crippen molar-refractivity contribution in [2.24, 2.45) is 0 Å². The number of halogens is 1. The van der Waals surface area contributed by atoms with Crippen molar-refractivity contribution in [1.82, 2.24) is 0 Å². The van der Waals surface area contributed by atoms with Gasteiger partial charge in [0.2, 0.25) is 0 Å². The number of rotatable bonds is 6. The number of benzene rings is 3. The second-order valence-corrected chi connectivity index (χ2v) is 8.13. The molecule has 0 saturated carbocycles. The predicted molar refractivity (Wildman–Crippen MR) is 133 cm³/mol. The monoisotopic (exact) mass is 444 g/mol. The highest BCUT2D eigenvalue weighted by Crippen LogP contribution is 2.36. The van der Waals surface area contributed by atoms with E-state index in [4.69, 9.17) is 16.3 Å². The standard InChI is InChI=1S/C27H25ClN2O2/c1-4-32-25-15-5-19(6-16-25)17-21-18-26(20-7-9-22(28)10-8-20)30(27(21)31)24-13-11-23(12-14-24)29(2)3/h5-18H,4H2,1-3H3/b21-17+. The van der Waals surface area contributed by atoms with Crippen molar-refractivity contribution in [2.75, 3.05) is 30.5 Å². The molecule has 0 fully saturated rings. The smallest absolute Gasteiger partial charge is 0.262 e. The molecule has 5 heteroatoms. The molecule has 0 aromatic heterocycles. The van der Waals surface area contributed by atoms with Crippen molar-refractivity contribution in [2.45, 2.75) is 6.92 Å². The molecular formula is C27H25ClN2O2. The van der Waals surface area contributed by atoms with Gasteiger partial charge in [-0.05, 0) is 78.7 Å². The summed E-state index contributed by atoms with van der Waals surface area (Å²) >= 11 is 6.09. The summed E-state index contributed by atoms with van der Waals surface area (Å²) in [6.07, 6.45) is 3.84. The summed E-state index contributed by atoms with van der Waals surface area (Å²) in [7, 11) is 3.99. The van der Waals surface area contributed by atoms with Gasteiger partial charge in [-0.3, -0.25) is 9.69 Å².